The van der Waals surface area contributed by atoms with E-state index in [4.69, 9.17) is 4.74 Å². The molecule has 1 aliphatic rings. The highest BCUT2D eigenvalue weighted by molar-refractivity contribution is 7.91. The fourth-order valence-corrected chi connectivity index (χ4v) is 3.79. The van der Waals surface area contributed by atoms with Crippen LogP contribution in [0.25, 0.3) is 0 Å². The second kappa shape index (κ2) is 5.04. The SMILES string of the molecule is COc1cccc(NC2CCS(=O)(=O)C2)c1[N+](=O)[O-]. The zero-order valence-corrected chi connectivity index (χ0v) is 11.1. The standard InChI is InChI=1S/C11H14N2O5S/c1-18-10-4-2-3-9(11(10)13(14)15)12-8-5-6-19(16,17)7-8/h2-4,8,12H,5-7H2,1H3. The average molecular weight is 286 g/mol. The predicted octanol–water partition coefficient (Wildman–Crippen LogP) is 1.20. The van der Waals surface area contributed by atoms with Gasteiger partial charge in [-0.05, 0) is 18.6 Å². The topological polar surface area (TPSA) is 98.5 Å². The van der Waals surface area contributed by atoms with Crippen LogP contribution >= 0.6 is 0 Å². The van der Waals surface area contributed by atoms with Gasteiger partial charge >= 0.3 is 5.69 Å². The molecular formula is C11H14N2O5S. The first-order valence-electron chi connectivity index (χ1n) is 5.71. The van der Waals surface area contributed by atoms with Crippen molar-refractivity contribution >= 4 is 21.2 Å². The first-order chi connectivity index (χ1) is 8.93. The number of nitro benzene ring substituents is 1. The van der Waals surface area contributed by atoms with E-state index < -0.39 is 14.8 Å². The lowest BCUT2D eigenvalue weighted by molar-refractivity contribution is -0.384. The van der Waals surface area contributed by atoms with E-state index in [2.05, 4.69) is 5.32 Å². The van der Waals surface area contributed by atoms with E-state index in [1.165, 1.54) is 13.2 Å². The van der Waals surface area contributed by atoms with E-state index in [1.807, 2.05) is 0 Å². The maximum atomic E-state index is 11.4. The lowest BCUT2D eigenvalue weighted by Gasteiger charge is -2.13. The Bertz CT molecular complexity index is 599. The van der Waals surface area contributed by atoms with Crippen molar-refractivity contribution < 1.29 is 18.1 Å². The summed E-state index contributed by atoms with van der Waals surface area (Å²) < 4.78 is 27.7. The van der Waals surface area contributed by atoms with Gasteiger partial charge < -0.3 is 10.1 Å². The van der Waals surface area contributed by atoms with Gasteiger partial charge in [0.15, 0.2) is 15.6 Å². The van der Waals surface area contributed by atoms with Crippen LogP contribution in [-0.4, -0.2) is 38.0 Å². The van der Waals surface area contributed by atoms with Crippen molar-refractivity contribution in [2.45, 2.75) is 12.5 Å². The summed E-state index contributed by atoms with van der Waals surface area (Å²) in [6.07, 6.45) is 0.455. The summed E-state index contributed by atoms with van der Waals surface area (Å²) >= 11 is 0. The van der Waals surface area contributed by atoms with Gasteiger partial charge in [0, 0.05) is 6.04 Å². The molecule has 0 saturated carbocycles. The highest BCUT2D eigenvalue weighted by Gasteiger charge is 2.30. The third-order valence-electron chi connectivity index (χ3n) is 2.99. The molecule has 1 heterocycles. The van der Waals surface area contributed by atoms with Crippen molar-refractivity contribution in [2.24, 2.45) is 0 Å². The number of methoxy groups -OCH3 is 1. The zero-order chi connectivity index (χ0) is 14.0. The summed E-state index contributed by atoms with van der Waals surface area (Å²) in [5.74, 6) is 0.264. The minimum atomic E-state index is -3.03. The minimum absolute atomic E-state index is 0.00135. The van der Waals surface area contributed by atoms with Gasteiger partial charge in [-0.2, -0.15) is 0 Å². The Balaban J connectivity index is 2.28. The van der Waals surface area contributed by atoms with Gasteiger partial charge in [0.25, 0.3) is 0 Å². The molecule has 1 unspecified atom stereocenters. The van der Waals surface area contributed by atoms with Gasteiger partial charge in [0.1, 0.15) is 5.69 Å². The Morgan fingerprint density at radius 3 is 2.74 bits per heavy atom. The monoisotopic (exact) mass is 286 g/mol. The average Bonchev–Trinajstić information content (AvgIpc) is 2.68. The van der Waals surface area contributed by atoms with Crippen LogP contribution in [0.1, 0.15) is 6.42 Å². The molecule has 104 valence electrons. The number of hydrogen-bond acceptors (Lipinski definition) is 6. The normalized spacial score (nSPS) is 21.0. The number of hydrogen-bond donors (Lipinski definition) is 1. The molecule has 8 heteroatoms. The van der Waals surface area contributed by atoms with Gasteiger partial charge in [-0.3, -0.25) is 10.1 Å². The molecular weight excluding hydrogens is 272 g/mol. The van der Waals surface area contributed by atoms with Gasteiger partial charge in [0.05, 0.1) is 23.5 Å². The van der Waals surface area contributed by atoms with Crippen molar-refractivity contribution in [2.75, 3.05) is 23.9 Å². The van der Waals surface area contributed by atoms with Gasteiger partial charge in [-0.1, -0.05) is 6.07 Å². The minimum Gasteiger partial charge on any atom is -0.490 e. The maximum Gasteiger partial charge on any atom is 0.333 e. The summed E-state index contributed by atoms with van der Waals surface area (Å²) in [7, 11) is -1.67. The van der Waals surface area contributed by atoms with E-state index in [-0.39, 0.29) is 34.7 Å². The molecule has 0 aliphatic carbocycles. The van der Waals surface area contributed by atoms with Gasteiger partial charge in [-0.15, -0.1) is 0 Å². The molecule has 1 atom stereocenters. The zero-order valence-electron chi connectivity index (χ0n) is 10.3. The smallest absolute Gasteiger partial charge is 0.333 e. The molecule has 1 aromatic rings. The molecule has 0 spiro atoms. The molecule has 7 nitrogen and oxygen atoms in total. The fraction of sp³-hybridized carbons (Fsp3) is 0.455. The second-order valence-corrected chi connectivity index (χ2v) is 6.59. The van der Waals surface area contributed by atoms with Crippen molar-refractivity contribution in [3.63, 3.8) is 0 Å². The number of para-hydroxylation sites is 1. The molecule has 0 amide bonds. The van der Waals surface area contributed by atoms with E-state index >= 15 is 0 Å². The van der Waals surface area contributed by atoms with Crippen LogP contribution in [0.5, 0.6) is 5.75 Å². The highest BCUT2D eigenvalue weighted by Crippen LogP contribution is 2.35. The number of ether oxygens (including phenoxy) is 1. The molecule has 0 bridgehead atoms. The number of nitro groups is 1. The van der Waals surface area contributed by atoms with Gasteiger partial charge in [-0.25, -0.2) is 8.42 Å². The first-order valence-corrected chi connectivity index (χ1v) is 7.53. The number of nitrogens with one attached hydrogen (secondary N) is 1. The quantitative estimate of drug-likeness (QED) is 0.659. The maximum absolute atomic E-state index is 11.4. The van der Waals surface area contributed by atoms with Gasteiger partial charge in [0.2, 0.25) is 0 Å². The van der Waals surface area contributed by atoms with Crippen LogP contribution in [0, 0.1) is 10.1 Å². The summed E-state index contributed by atoms with van der Waals surface area (Å²) in [5.41, 5.74) is 0.112. The first kappa shape index (κ1) is 13.6. The lowest BCUT2D eigenvalue weighted by atomic mass is 10.2. The molecule has 1 aromatic carbocycles. The van der Waals surface area contributed by atoms with Crippen LogP contribution in [0.15, 0.2) is 18.2 Å². The van der Waals surface area contributed by atoms with Crippen LogP contribution in [0.4, 0.5) is 11.4 Å². The van der Waals surface area contributed by atoms with E-state index in [0.717, 1.165) is 0 Å². The predicted molar refractivity (Wildman–Crippen MR) is 70.3 cm³/mol. The summed E-state index contributed by atoms with van der Waals surface area (Å²) in [6.45, 7) is 0. The lowest BCUT2D eigenvalue weighted by Crippen LogP contribution is -2.21. The molecule has 0 aromatic heterocycles. The second-order valence-electron chi connectivity index (χ2n) is 4.36. The van der Waals surface area contributed by atoms with E-state index in [1.54, 1.807) is 12.1 Å². The van der Waals surface area contributed by atoms with Crippen LogP contribution in [0.2, 0.25) is 0 Å². The molecule has 2 rings (SSSR count). The molecule has 0 radical (unpaired) electrons. The number of anilines is 1. The molecule has 1 N–H and O–H groups in total. The number of sulfone groups is 1. The largest absolute Gasteiger partial charge is 0.490 e. The molecule has 19 heavy (non-hydrogen) atoms. The van der Waals surface area contributed by atoms with E-state index in [0.29, 0.717) is 6.42 Å². The Morgan fingerprint density at radius 2 is 2.21 bits per heavy atom. The Kier molecular flexibility index (Phi) is 3.61. The van der Waals surface area contributed by atoms with Crippen molar-refractivity contribution in [3.05, 3.63) is 28.3 Å². The van der Waals surface area contributed by atoms with Crippen LogP contribution < -0.4 is 10.1 Å². The Hall–Kier alpha value is -1.83. The van der Waals surface area contributed by atoms with Crippen LogP contribution in [-0.2, 0) is 9.84 Å². The van der Waals surface area contributed by atoms with Crippen molar-refractivity contribution in [1.82, 2.24) is 0 Å². The van der Waals surface area contributed by atoms with E-state index in [9.17, 15) is 18.5 Å². The number of rotatable bonds is 4. The fourth-order valence-electron chi connectivity index (χ4n) is 2.12. The molecule has 1 fully saturated rings. The Morgan fingerprint density at radius 1 is 1.47 bits per heavy atom. The number of nitrogens with zero attached hydrogens (tertiary/aromatic N) is 1. The third kappa shape index (κ3) is 2.95. The van der Waals surface area contributed by atoms with Crippen molar-refractivity contribution in [1.29, 1.82) is 0 Å². The number of benzene rings is 1. The molecule has 1 aliphatic heterocycles. The summed E-state index contributed by atoms with van der Waals surface area (Å²) in [5, 5.41) is 14.0. The summed E-state index contributed by atoms with van der Waals surface area (Å²) in [6, 6.07) is 4.37. The highest BCUT2D eigenvalue weighted by atomic mass is 32.2. The summed E-state index contributed by atoms with van der Waals surface area (Å²) in [4.78, 5) is 10.5. The van der Waals surface area contributed by atoms with Crippen LogP contribution in [0.3, 0.4) is 0 Å². The van der Waals surface area contributed by atoms with Crippen molar-refractivity contribution in [3.8, 4) is 5.75 Å². The third-order valence-corrected chi connectivity index (χ3v) is 4.76. The Labute approximate surface area is 110 Å². The molecule has 1 saturated heterocycles.